The molecule has 4 heteroatoms. The van der Waals surface area contributed by atoms with E-state index >= 15 is 0 Å². The van der Waals surface area contributed by atoms with Crippen molar-refractivity contribution < 1.29 is 4.74 Å². The maximum absolute atomic E-state index is 5.92. The van der Waals surface area contributed by atoms with Gasteiger partial charge in [0.2, 0.25) is 0 Å². The Morgan fingerprint density at radius 2 is 1.95 bits per heavy atom. The number of piperazine rings is 1. The normalized spacial score (nSPS) is 25.5. The zero-order valence-electron chi connectivity index (χ0n) is 11.6. The SMILES string of the molecule is CN1CCN(c2ccccc2C2CNCCO2)CC1. The molecule has 0 aromatic heterocycles. The van der Waals surface area contributed by atoms with Gasteiger partial charge < -0.3 is 19.9 Å². The Bertz CT molecular complexity index is 410. The molecule has 0 saturated carbocycles. The average molecular weight is 261 g/mol. The Balaban J connectivity index is 1.80. The van der Waals surface area contributed by atoms with Gasteiger partial charge in [-0.05, 0) is 13.1 Å². The summed E-state index contributed by atoms with van der Waals surface area (Å²) in [5.74, 6) is 0. The molecule has 1 aromatic rings. The molecule has 2 saturated heterocycles. The predicted octanol–water partition coefficient (Wildman–Crippen LogP) is 1.10. The smallest absolute Gasteiger partial charge is 0.0969 e. The van der Waals surface area contributed by atoms with Gasteiger partial charge in [0.05, 0.1) is 12.7 Å². The second kappa shape index (κ2) is 5.90. The molecule has 2 heterocycles. The molecule has 1 unspecified atom stereocenters. The number of anilines is 1. The van der Waals surface area contributed by atoms with Gasteiger partial charge in [-0.15, -0.1) is 0 Å². The minimum absolute atomic E-state index is 0.199. The Kier molecular flexibility index (Phi) is 4.01. The fraction of sp³-hybridized carbons (Fsp3) is 0.600. The third-order valence-corrected chi connectivity index (χ3v) is 4.06. The fourth-order valence-electron chi connectivity index (χ4n) is 2.86. The van der Waals surface area contributed by atoms with E-state index in [1.807, 2.05) is 0 Å². The first kappa shape index (κ1) is 12.9. The van der Waals surface area contributed by atoms with Gasteiger partial charge in [-0.1, -0.05) is 18.2 Å². The minimum Gasteiger partial charge on any atom is -0.371 e. The number of rotatable bonds is 2. The van der Waals surface area contributed by atoms with Crippen LogP contribution in [0.15, 0.2) is 24.3 Å². The van der Waals surface area contributed by atoms with Gasteiger partial charge in [0.25, 0.3) is 0 Å². The molecule has 19 heavy (non-hydrogen) atoms. The van der Waals surface area contributed by atoms with Crippen molar-refractivity contribution in [3.63, 3.8) is 0 Å². The summed E-state index contributed by atoms with van der Waals surface area (Å²) in [6, 6.07) is 8.70. The van der Waals surface area contributed by atoms with E-state index in [2.05, 4.69) is 46.4 Å². The van der Waals surface area contributed by atoms with Gasteiger partial charge in [-0.25, -0.2) is 0 Å². The second-order valence-electron chi connectivity index (χ2n) is 5.41. The molecular formula is C15H23N3O. The van der Waals surface area contributed by atoms with Gasteiger partial charge >= 0.3 is 0 Å². The maximum Gasteiger partial charge on any atom is 0.0969 e. The van der Waals surface area contributed by atoms with Crippen molar-refractivity contribution in [3.05, 3.63) is 29.8 Å². The predicted molar refractivity (Wildman–Crippen MR) is 77.7 cm³/mol. The summed E-state index contributed by atoms with van der Waals surface area (Å²) in [7, 11) is 2.19. The largest absolute Gasteiger partial charge is 0.371 e. The minimum atomic E-state index is 0.199. The van der Waals surface area contributed by atoms with E-state index < -0.39 is 0 Å². The highest BCUT2D eigenvalue weighted by molar-refractivity contribution is 5.55. The molecule has 0 spiro atoms. The van der Waals surface area contributed by atoms with E-state index in [0.717, 1.165) is 45.9 Å². The standard InChI is InChI=1S/C15H23N3O/c1-17-7-9-18(10-8-17)14-5-3-2-4-13(14)15-12-16-6-11-19-15/h2-5,15-16H,6-12H2,1H3. The zero-order chi connectivity index (χ0) is 13.1. The number of hydrogen-bond acceptors (Lipinski definition) is 4. The van der Waals surface area contributed by atoms with Crippen molar-refractivity contribution in [2.75, 3.05) is 57.8 Å². The van der Waals surface area contributed by atoms with E-state index in [0.29, 0.717) is 0 Å². The summed E-state index contributed by atoms with van der Waals surface area (Å²) in [6.45, 7) is 7.18. The third kappa shape index (κ3) is 2.91. The summed E-state index contributed by atoms with van der Waals surface area (Å²) in [5.41, 5.74) is 2.68. The number of morpholine rings is 1. The van der Waals surface area contributed by atoms with E-state index in [1.54, 1.807) is 0 Å². The molecule has 1 aromatic carbocycles. The van der Waals surface area contributed by atoms with Crippen molar-refractivity contribution >= 4 is 5.69 Å². The molecule has 2 fully saturated rings. The summed E-state index contributed by atoms with van der Waals surface area (Å²) < 4.78 is 5.92. The van der Waals surface area contributed by atoms with Crippen LogP contribution in [-0.2, 0) is 4.74 Å². The first-order valence-corrected chi connectivity index (χ1v) is 7.19. The monoisotopic (exact) mass is 261 g/mol. The van der Waals surface area contributed by atoms with Crippen LogP contribution in [-0.4, -0.2) is 57.8 Å². The number of likely N-dealkylation sites (N-methyl/N-ethyl adjacent to an activating group) is 1. The molecule has 2 aliphatic rings. The van der Waals surface area contributed by atoms with Crippen LogP contribution in [0.1, 0.15) is 11.7 Å². The van der Waals surface area contributed by atoms with Crippen LogP contribution in [0.2, 0.25) is 0 Å². The average Bonchev–Trinajstić information content (AvgIpc) is 2.49. The van der Waals surface area contributed by atoms with Crippen LogP contribution in [0, 0.1) is 0 Å². The van der Waals surface area contributed by atoms with Gasteiger partial charge in [-0.2, -0.15) is 0 Å². The molecule has 3 rings (SSSR count). The first-order chi connectivity index (χ1) is 9.34. The lowest BCUT2D eigenvalue weighted by molar-refractivity contribution is 0.0279. The zero-order valence-corrected chi connectivity index (χ0v) is 11.6. The van der Waals surface area contributed by atoms with Crippen LogP contribution in [0.4, 0.5) is 5.69 Å². The Morgan fingerprint density at radius 1 is 1.16 bits per heavy atom. The van der Waals surface area contributed by atoms with Crippen LogP contribution < -0.4 is 10.2 Å². The Hall–Kier alpha value is -1.10. The lowest BCUT2D eigenvalue weighted by atomic mass is 10.0. The van der Waals surface area contributed by atoms with Crippen LogP contribution in [0.5, 0.6) is 0 Å². The number of para-hydroxylation sites is 1. The number of nitrogens with zero attached hydrogens (tertiary/aromatic N) is 2. The van der Waals surface area contributed by atoms with Gasteiger partial charge in [0.15, 0.2) is 0 Å². The third-order valence-electron chi connectivity index (χ3n) is 4.06. The number of benzene rings is 1. The highest BCUT2D eigenvalue weighted by Crippen LogP contribution is 2.29. The number of ether oxygens (including phenoxy) is 1. The summed E-state index contributed by atoms with van der Waals surface area (Å²) in [4.78, 5) is 4.88. The summed E-state index contributed by atoms with van der Waals surface area (Å²) >= 11 is 0. The Labute approximate surface area is 115 Å². The van der Waals surface area contributed by atoms with Crippen LogP contribution >= 0.6 is 0 Å². The number of nitrogens with one attached hydrogen (secondary N) is 1. The molecule has 1 N–H and O–H groups in total. The van der Waals surface area contributed by atoms with Gasteiger partial charge in [0.1, 0.15) is 0 Å². The van der Waals surface area contributed by atoms with Crippen molar-refractivity contribution in [2.24, 2.45) is 0 Å². The summed E-state index contributed by atoms with van der Waals surface area (Å²) in [5, 5.41) is 3.42. The summed E-state index contributed by atoms with van der Waals surface area (Å²) in [6.07, 6.45) is 0.199. The Morgan fingerprint density at radius 3 is 2.68 bits per heavy atom. The van der Waals surface area contributed by atoms with Crippen molar-refractivity contribution in [3.8, 4) is 0 Å². The van der Waals surface area contributed by atoms with Gasteiger partial charge in [-0.3, -0.25) is 0 Å². The molecular weight excluding hydrogens is 238 g/mol. The molecule has 0 aliphatic carbocycles. The molecule has 4 nitrogen and oxygen atoms in total. The van der Waals surface area contributed by atoms with Gasteiger partial charge in [0, 0.05) is 50.5 Å². The molecule has 2 aliphatic heterocycles. The second-order valence-corrected chi connectivity index (χ2v) is 5.41. The molecule has 1 atom stereocenters. The van der Waals surface area contributed by atoms with Crippen molar-refractivity contribution in [2.45, 2.75) is 6.10 Å². The lowest BCUT2D eigenvalue weighted by Gasteiger charge is -2.36. The molecule has 0 amide bonds. The van der Waals surface area contributed by atoms with E-state index in [9.17, 15) is 0 Å². The highest BCUT2D eigenvalue weighted by Gasteiger charge is 2.22. The lowest BCUT2D eigenvalue weighted by Crippen LogP contribution is -2.45. The van der Waals surface area contributed by atoms with Crippen LogP contribution in [0.25, 0.3) is 0 Å². The fourth-order valence-corrected chi connectivity index (χ4v) is 2.86. The topological polar surface area (TPSA) is 27.7 Å². The first-order valence-electron chi connectivity index (χ1n) is 7.19. The number of hydrogen-bond donors (Lipinski definition) is 1. The molecule has 0 bridgehead atoms. The van der Waals surface area contributed by atoms with E-state index in [1.165, 1.54) is 11.3 Å². The maximum atomic E-state index is 5.92. The molecule has 0 radical (unpaired) electrons. The quantitative estimate of drug-likeness (QED) is 0.863. The van der Waals surface area contributed by atoms with Crippen molar-refractivity contribution in [1.82, 2.24) is 10.2 Å². The van der Waals surface area contributed by atoms with E-state index in [4.69, 9.17) is 4.74 Å². The van der Waals surface area contributed by atoms with Crippen molar-refractivity contribution in [1.29, 1.82) is 0 Å². The highest BCUT2D eigenvalue weighted by atomic mass is 16.5. The van der Waals surface area contributed by atoms with E-state index in [-0.39, 0.29) is 6.10 Å². The van der Waals surface area contributed by atoms with Crippen LogP contribution in [0.3, 0.4) is 0 Å². The molecule has 104 valence electrons.